The molecule has 1 unspecified atom stereocenters. The number of carbonyl (C=O) groups is 2. The lowest BCUT2D eigenvalue weighted by Crippen LogP contribution is -2.48. The van der Waals surface area contributed by atoms with Gasteiger partial charge in [0.2, 0.25) is 0 Å². The number of halogens is 1. The average molecular weight is 478 g/mol. The van der Waals surface area contributed by atoms with Gasteiger partial charge in [-0.2, -0.15) is 5.10 Å². The number of amides is 2. The molecule has 0 saturated heterocycles. The van der Waals surface area contributed by atoms with Gasteiger partial charge in [-0.05, 0) is 48.7 Å². The summed E-state index contributed by atoms with van der Waals surface area (Å²) in [5.74, 6) is -0.297. The van der Waals surface area contributed by atoms with Crippen molar-refractivity contribution >= 4 is 29.6 Å². The molecule has 0 fully saturated rings. The summed E-state index contributed by atoms with van der Waals surface area (Å²) in [5, 5.41) is 7.29. The van der Waals surface area contributed by atoms with Crippen molar-refractivity contribution in [3.8, 4) is 5.75 Å². The fourth-order valence-corrected chi connectivity index (χ4v) is 3.38. The molecule has 3 rings (SSSR count). The van der Waals surface area contributed by atoms with Crippen LogP contribution in [-0.2, 0) is 11.4 Å². The SMILES string of the molecule is Cc1ccc(COc2ccccc2C=NNC(=O)C(NC(=O)c2cccc(Cl)c2)C(C)C)cc1. The number of rotatable bonds is 9. The summed E-state index contributed by atoms with van der Waals surface area (Å²) in [5.41, 5.74) is 5.87. The first-order chi connectivity index (χ1) is 16.3. The Kier molecular flexibility index (Phi) is 8.82. The molecule has 0 aliphatic heterocycles. The molecule has 1 atom stereocenters. The van der Waals surface area contributed by atoms with Gasteiger partial charge in [0.15, 0.2) is 0 Å². The summed E-state index contributed by atoms with van der Waals surface area (Å²) in [7, 11) is 0. The van der Waals surface area contributed by atoms with Gasteiger partial charge in [-0.15, -0.1) is 0 Å². The van der Waals surface area contributed by atoms with Crippen molar-refractivity contribution in [2.45, 2.75) is 33.4 Å². The summed E-state index contributed by atoms with van der Waals surface area (Å²) < 4.78 is 5.95. The van der Waals surface area contributed by atoms with Crippen LogP contribution in [0.1, 0.15) is 40.9 Å². The Hall–Kier alpha value is -3.64. The second-order valence-electron chi connectivity index (χ2n) is 8.25. The van der Waals surface area contributed by atoms with E-state index in [0.29, 0.717) is 22.9 Å². The average Bonchev–Trinajstić information content (AvgIpc) is 2.82. The second kappa shape index (κ2) is 12.0. The molecule has 0 aromatic heterocycles. The van der Waals surface area contributed by atoms with Crippen LogP contribution >= 0.6 is 11.6 Å². The number of aryl methyl sites for hydroxylation is 1. The molecule has 0 aliphatic carbocycles. The number of benzene rings is 3. The molecule has 3 aromatic rings. The van der Waals surface area contributed by atoms with Crippen molar-refractivity contribution in [1.29, 1.82) is 0 Å². The van der Waals surface area contributed by atoms with Crippen molar-refractivity contribution in [2.24, 2.45) is 11.0 Å². The van der Waals surface area contributed by atoms with Crippen LogP contribution in [0.25, 0.3) is 0 Å². The molecule has 2 N–H and O–H groups in total. The number of hydrazone groups is 1. The zero-order chi connectivity index (χ0) is 24.5. The number of nitrogens with zero attached hydrogens (tertiary/aromatic N) is 1. The Labute approximate surface area is 205 Å². The van der Waals surface area contributed by atoms with Gasteiger partial charge in [0.25, 0.3) is 11.8 Å². The predicted molar refractivity (Wildman–Crippen MR) is 135 cm³/mol. The Morgan fingerprint density at radius 2 is 1.76 bits per heavy atom. The Morgan fingerprint density at radius 1 is 1.03 bits per heavy atom. The highest BCUT2D eigenvalue weighted by Gasteiger charge is 2.24. The summed E-state index contributed by atoms with van der Waals surface area (Å²) in [6, 6.07) is 21.4. The maximum absolute atomic E-state index is 12.7. The molecule has 2 amide bonds. The maximum atomic E-state index is 12.7. The molecule has 3 aromatic carbocycles. The quantitative estimate of drug-likeness (QED) is 0.331. The number of ether oxygens (including phenoxy) is 1. The van der Waals surface area contributed by atoms with E-state index < -0.39 is 11.9 Å². The van der Waals surface area contributed by atoms with Crippen molar-refractivity contribution in [3.05, 3.63) is 100 Å². The van der Waals surface area contributed by atoms with Crippen LogP contribution in [0.3, 0.4) is 0 Å². The third-order valence-corrected chi connectivity index (χ3v) is 5.37. The Morgan fingerprint density at radius 3 is 2.47 bits per heavy atom. The first kappa shape index (κ1) is 25.0. The van der Waals surface area contributed by atoms with E-state index in [1.54, 1.807) is 24.3 Å². The molecule has 34 heavy (non-hydrogen) atoms. The molecule has 7 heteroatoms. The molecular formula is C27H28ClN3O3. The Bertz CT molecular complexity index is 1160. The molecule has 0 bridgehead atoms. The predicted octanol–water partition coefficient (Wildman–Crippen LogP) is 5.13. The first-order valence-corrected chi connectivity index (χ1v) is 11.4. The van der Waals surface area contributed by atoms with Crippen molar-refractivity contribution in [1.82, 2.24) is 10.7 Å². The number of hydrogen-bond acceptors (Lipinski definition) is 4. The molecule has 0 aliphatic rings. The highest BCUT2D eigenvalue weighted by Crippen LogP contribution is 2.18. The lowest BCUT2D eigenvalue weighted by molar-refractivity contribution is -0.123. The zero-order valence-electron chi connectivity index (χ0n) is 19.4. The zero-order valence-corrected chi connectivity index (χ0v) is 20.2. The van der Waals surface area contributed by atoms with E-state index in [1.807, 2.05) is 69.3 Å². The highest BCUT2D eigenvalue weighted by atomic mass is 35.5. The van der Waals surface area contributed by atoms with Crippen LogP contribution in [-0.4, -0.2) is 24.1 Å². The minimum atomic E-state index is -0.767. The van der Waals surface area contributed by atoms with Gasteiger partial charge in [0, 0.05) is 16.1 Å². The molecule has 0 saturated carbocycles. The van der Waals surface area contributed by atoms with E-state index in [9.17, 15) is 9.59 Å². The van der Waals surface area contributed by atoms with E-state index in [-0.39, 0.29) is 11.8 Å². The van der Waals surface area contributed by atoms with Crippen LogP contribution in [0.5, 0.6) is 5.75 Å². The molecule has 0 heterocycles. The fraction of sp³-hybridized carbons (Fsp3) is 0.222. The largest absolute Gasteiger partial charge is 0.488 e. The minimum absolute atomic E-state index is 0.150. The lowest BCUT2D eigenvalue weighted by Gasteiger charge is -2.20. The van der Waals surface area contributed by atoms with Gasteiger partial charge in [0.05, 0.1) is 6.21 Å². The van der Waals surface area contributed by atoms with Gasteiger partial charge in [-0.25, -0.2) is 5.43 Å². The van der Waals surface area contributed by atoms with Gasteiger partial charge >= 0.3 is 0 Å². The minimum Gasteiger partial charge on any atom is -0.488 e. The van der Waals surface area contributed by atoms with Gasteiger partial charge in [0.1, 0.15) is 18.4 Å². The van der Waals surface area contributed by atoms with Gasteiger partial charge in [-0.3, -0.25) is 9.59 Å². The van der Waals surface area contributed by atoms with E-state index in [2.05, 4.69) is 15.8 Å². The molecule has 6 nitrogen and oxygen atoms in total. The Balaban J connectivity index is 1.62. The monoisotopic (exact) mass is 477 g/mol. The standard InChI is InChI=1S/C27H28ClN3O3/c1-18(2)25(30-26(32)21-8-6-9-23(28)15-21)27(33)31-29-16-22-7-4-5-10-24(22)34-17-20-13-11-19(3)12-14-20/h4-16,18,25H,17H2,1-3H3,(H,30,32)(H,31,33). The summed E-state index contributed by atoms with van der Waals surface area (Å²) in [4.78, 5) is 25.3. The third kappa shape index (κ3) is 7.18. The highest BCUT2D eigenvalue weighted by molar-refractivity contribution is 6.31. The van der Waals surface area contributed by atoms with Gasteiger partial charge < -0.3 is 10.1 Å². The van der Waals surface area contributed by atoms with Crippen LogP contribution in [0, 0.1) is 12.8 Å². The molecule has 0 radical (unpaired) electrons. The van der Waals surface area contributed by atoms with E-state index in [4.69, 9.17) is 16.3 Å². The third-order valence-electron chi connectivity index (χ3n) is 5.13. The topological polar surface area (TPSA) is 79.8 Å². The summed E-state index contributed by atoms with van der Waals surface area (Å²) in [6.07, 6.45) is 1.53. The second-order valence-corrected chi connectivity index (χ2v) is 8.69. The van der Waals surface area contributed by atoms with Crippen molar-refractivity contribution in [2.75, 3.05) is 0 Å². The van der Waals surface area contributed by atoms with Crippen LogP contribution in [0.2, 0.25) is 5.02 Å². The molecular weight excluding hydrogens is 450 g/mol. The van der Waals surface area contributed by atoms with Gasteiger partial charge in [-0.1, -0.05) is 73.5 Å². The normalized spacial score (nSPS) is 11.9. The molecule has 0 spiro atoms. The van der Waals surface area contributed by atoms with E-state index >= 15 is 0 Å². The van der Waals surface area contributed by atoms with Crippen LogP contribution in [0.4, 0.5) is 0 Å². The number of para-hydroxylation sites is 1. The van der Waals surface area contributed by atoms with Crippen LogP contribution < -0.4 is 15.5 Å². The number of hydrogen-bond donors (Lipinski definition) is 2. The maximum Gasteiger partial charge on any atom is 0.262 e. The molecule has 176 valence electrons. The van der Waals surface area contributed by atoms with E-state index in [0.717, 1.165) is 11.1 Å². The first-order valence-electron chi connectivity index (χ1n) is 11.0. The summed E-state index contributed by atoms with van der Waals surface area (Å²) in [6.45, 7) is 6.15. The smallest absolute Gasteiger partial charge is 0.262 e. The number of nitrogens with one attached hydrogen (secondary N) is 2. The lowest BCUT2D eigenvalue weighted by atomic mass is 10.0. The number of carbonyl (C=O) groups excluding carboxylic acids is 2. The van der Waals surface area contributed by atoms with Crippen LogP contribution in [0.15, 0.2) is 77.9 Å². The van der Waals surface area contributed by atoms with Crippen molar-refractivity contribution < 1.29 is 14.3 Å². The summed E-state index contributed by atoms with van der Waals surface area (Å²) >= 11 is 5.96. The van der Waals surface area contributed by atoms with Crippen molar-refractivity contribution in [3.63, 3.8) is 0 Å². The fourth-order valence-electron chi connectivity index (χ4n) is 3.19. The van der Waals surface area contributed by atoms with E-state index in [1.165, 1.54) is 11.8 Å².